The summed E-state index contributed by atoms with van der Waals surface area (Å²) in [5, 5.41) is 18.8. The molecule has 6 heteroatoms. The van der Waals surface area contributed by atoms with Crippen LogP contribution in [0.4, 0.5) is 0 Å². The van der Waals surface area contributed by atoms with Gasteiger partial charge in [-0.2, -0.15) is 5.10 Å². The molecular formula is C20H25N3O2S. The fourth-order valence-corrected chi connectivity index (χ4v) is 4.16. The van der Waals surface area contributed by atoms with E-state index in [0.29, 0.717) is 12.5 Å². The predicted octanol–water partition coefficient (Wildman–Crippen LogP) is 3.35. The molecule has 0 unspecified atom stereocenters. The Bertz CT molecular complexity index is 772. The van der Waals surface area contributed by atoms with Crippen LogP contribution in [0.25, 0.3) is 11.1 Å². The van der Waals surface area contributed by atoms with E-state index in [1.54, 1.807) is 11.3 Å². The average molecular weight is 372 g/mol. The number of rotatable bonds is 7. The number of carboxylic acids is 1. The molecule has 3 N–H and O–H groups in total. The minimum absolute atomic E-state index is 0.264. The van der Waals surface area contributed by atoms with Gasteiger partial charge in [0.25, 0.3) is 0 Å². The van der Waals surface area contributed by atoms with Crippen molar-refractivity contribution in [3.05, 3.63) is 46.2 Å². The van der Waals surface area contributed by atoms with Gasteiger partial charge in [0, 0.05) is 18.7 Å². The number of benzene rings is 1. The summed E-state index contributed by atoms with van der Waals surface area (Å²) in [6, 6.07) is 10.5. The van der Waals surface area contributed by atoms with Gasteiger partial charge in [0.15, 0.2) is 0 Å². The van der Waals surface area contributed by atoms with Gasteiger partial charge >= 0.3 is 5.97 Å². The van der Waals surface area contributed by atoms with Crippen LogP contribution in [0.15, 0.2) is 40.8 Å². The first kappa shape index (κ1) is 18.6. The van der Waals surface area contributed by atoms with E-state index >= 15 is 0 Å². The molecule has 0 amide bonds. The maximum absolute atomic E-state index is 11.1. The zero-order valence-electron chi connectivity index (χ0n) is 14.9. The van der Waals surface area contributed by atoms with Gasteiger partial charge < -0.3 is 15.8 Å². The molecule has 2 atom stereocenters. The van der Waals surface area contributed by atoms with Gasteiger partial charge in [0.05, 0.1) is 17.0 Å². The number of carboxylic acid groups (broad SMARTS) is 1. The zero-order chi connectivity index (χ0) is 18.4. The van der Waals surface area contributed by atoms with E-state index in [2.05, 4.69) is 58.5 Å². The Balaban J connectivity index is 1.50. The van der Waals surface area contributed by atoms with Crippen molar-refractivity contribution in [3.63, 3.8) is 0 Å². The first-order valence-electron chi connectivity index (χ1n) is 8.98. The number of carbonyl (C=O) groups is 1. The third-order valence-corrected chi connectivity index (χ3v) is 5.71. The van der Waals surface area contributed by atoms with E-state index in [9.17, 15) is 4.79 Å². The first-order chi connectivity index (χ1) is 12.6. The summed E-state index contributed by atoms with van der Waals surface area (Å²) < 4.78 is 0. The van der Waals surface area contributed by atoms with E-state index in [-0.39, 0.29) is 5.92 Å². The minimum Gasteiger partial charge on any atom is -0.481 e. The normalized spacial score (nSPS) is 20.3. The standard InChI is InChI=1S/C20H25N3O2S/c1-14-4-2-3-5-17(14)18-7-9-26-19(18)13-23-22-8-6-15-10-16(20(24)25)12-21-11-15/h2-5,7,9,13,15-16,21-22H,6,8,10-12H2,1H3,(H,24,25)/b23-13+/t15-,16+/m0/s1. The van der Waals surface area contributed by atoms with E-state index in [1.165, 1.54) is 16.7 Å². The number of hydrogen-bond donors (Lipinski definition) is 3. The molecule has 1 aromatic carbocycles. The Hall–Kier alpha value is -2.18. The second-order valence-electron chi connectivity index (χ2n) is 6.76. The molecule has 138 valence electrons. The molecular weight excluding hydrogens is 346 g/mol. The van der Waals surface area contributed by atoms with Gasteiger partial charge in [-0.1, -0.05) is 24.3 Å². The lowest BCUT2D eigenvalue weighted by atomic mass is 9.88. The summed E-state index contributed by atoms with van der Waals surface area (Å²) in [7, 11) is 0. The molecule has 0 bridgehead atoms. The Morgan fingerprint density at radius 3 is 3.00 bits per heavy atom. The van der Waals surface area contributed by atoms with Crippen molar-refractivity contribution in [2.24, 2.45) is 16.9 Å². The minimum atomic E-state index is -0.699. The highest BCUT2D eigenvalue weighted by atomic mass is 32.1. The summed E-state index contributed by atoms with van der Waals surface area (Å²) in [5.41, 5.74) is 6.81. The van der Waals surface area contributed by atoms with Crippen LogP contribution in [0, 0.1) is 18.8 Å². The van der Waals surface area contributed by atoms with Gasteiger partial charge in [-0.05, 0) is 54.8 Å². The van der Waals surface area contributed by atoms with Gasteiger partial charge in [0.2, 0.25) is 0 Å². The highest BCUT2D eigenvalue weighted by Gasteiger charge is 2.26. The lowest BCUT2D eigenvalue weighted by molar-refractivity contribution is -0.142. The van der Waals surface area contributed by atoms with Crippen molar-refractivity contribution >= 4 is 23.5 Å². The molecule has 0 saturated carbocycles. The quantitative estimate of drug-likeness (QED) is 0.396. The maximum Gasteiger partial charge on any atom is 0.307 e. The number of nitrogens with zero attached hydrogens (tertiary/aromatic N) is 1. The number of piperidine rings is 1. The molecule has 1 aromatic heterocycles. The van der Waals surface area contributed by atoms with Crippen LogP contribution in [0.5, 0.6) is 0 Å². The van der Waals surface area contributed by atoms with Crippen LogP contribution >= 0.6 is 11.3 Å². The highest BCUT2D eigenvalue weighted by Crippen LogP contribution is 2.29. The highest BCUT2D eigenvalue weighted by molar-refractivity contribution is 7.12. The smallest absolute Gasteiger partial charge is 0.307 e. The second kappa shape index (κ2) is 8.96. The number of aliphatic carboxylic acids is 1. The summed E-state index contributed by atoms with van der Waals surface area (Å²) in [5.74, 6) is -0.577. The summed E-state index contributed by atoms with van der Waals surface area (Å²) in [6.07, 6.45) is 3.55. The SMILES string of the molecule is Cc1ccccc1-c1ccsc1/C=N/NCC[C@@H]1CNC[C@H](C(=O)O)C1. The van der Waals surface area contributed by atoms with Crippen molar-refractivity contribution < 1.29 is 9.90 Å². The van der Waals surface area contributed by atoms with E-state index in [1.807, 2.05) is 6.21 Å². The maximum atomic E-state index is 11.1. The number of thiophene rings is 1. The van der Waals surface area contributed by atoms with Crippen molar-refractivity contribution in [1.82, 2.24) is 10.7 Å². The van der Waals surface area contributed by atoms with Crippen LogP contribution in [0.1, 0.15) is 23.3 Å². The number of aryl methyl sites for hydroxylation is 1. The summed E-state index contributed by atoms with van der Waals surface area (Å²) in [6.45, 7) is 4.34. The largest absolute Gasteiger partial charge is 0.481 e. The predicted molar refractivity (Wildman–Crippen MR) is 107 cm³/mol. The molecule has 3 rings (SSSR count). The van der Waals surface area contributed by atoms with Gasteiger partial charge in [-0.3, -0.25) is 4.79 Å². The fraction of sp³-hybridized carbons (Fsp3) is 0.400. The van der Waals surface area contributed by atoms with Crippen molar-refractivity contribution in [1.29, 1.82) is 0 Å². The Kier molecular flexibility index (Phi) is 6.41. The van der Waals surface area contributed by atoms with E-state index in [4.69, 9.17) is 5.11 Å². The Morgan fingerprint density at radius 1 is 1.35 bits per heavy atom. The molecule has 5 nitrogen and oxygen atoms in total. The molecule has 1 fully saturated rings. The average Bonchev–Trinajstić information content (AvgIpc) is 3.10. The van der Waals surface area contributed by atoms with Crippen LogP contribution in [0.2, 0.25) is 0 Å². The van der Waals surface area contributed by atoms with Gasteiger partial charge in [0.1, 0.15) is 0 Å². The molecule has 0 radical (unpaired) electrons. The molecule has 2 heterocycles. The Morgan fingerprint density at radius 2 is 2.19 bits per heavy atom. The fourth-order valence-electron chi connectivity index (χ4n) is 3.39. The van der Waals surface area contributed by atoms with Crippen LogP contribution in [-0.2, 0) is 4.79 Å². The molecule has 0 spiro atoms. The molecule has 0 aliphatic carbocycles. The molecule has 2 aromatic rings. The number of hydrogen-bond acceptors (Lipinski definition) is 5. The molecule has 1 aliphatic rings. The molecule has 1 aliphatic heterocycles. The first-order valence-corrected chi connectivity index (χ1v) is 9.86. The van der Waals surface area contributed by atoms with Crippen LogP contribution in [0.3, 0.4) is 0 Å². The topological polar surface area (TPSA) is 73.7 Å². The van der Waals surface area contributed by atoms with Crippen molar-refractivity contribution in [2.75, 3.05) is 19.6 Å². The van der Waals surface area contributed by atoms with Gasteiger partial charge in [-0.25, -0.2) is 0 Å². The third-order valence-electron chi connectivity index (χ3n) is 4.86. The summed E-state index contributed by atoms with van der Waals surface area (Å²) in [4.78, 5) is 12.2. The number of nitrogens with one attached hydrogen (secondary N) is 2. The van der Waals surface area contributed by atoms with E-state index in [0.717, 1.165) is 30.8 Å². The second-order valence-corrected chi connectivity index (χ2v) is 7.71. The van der Waals surface area contributed by atoms with Gasteiger partial charge in [-0.15, -0.1) is 11.3 Å². The Labute approximate surface area is 158 Å². The molecule has 1 saturated heterocycles. The zero-order valence-corrected chi connectivity index (χ0v) is 15.8. The van der Waals surface area contributed by atoms with E-state index < -0.39 is 5.97 Å². The lowest BCUT2D eigenvalue weighted by Gasteiger charge is -2.27. The third kappa shape index (κ3) is 4.71. The van der Waals surface area contributed by atoms with Crippen molar-refractivity contribution in [3.8, 4) is 11.1 Å². The van der Waals surface area contributed by atoms with Crippen molar-refractivity contribution in [2.45, 2.75) is 19.8 Å². The number of hydrazone groups is 1. The van der Waals surface area contributed by atoms with Crippen LogP contribution < -0.4 is 10.7 Å². The summed E-state index contributed by atoms with van der Waals surface area (Å²) >= 11 is 1.68. The monoisotopic (exact) mass is 371 g/mol. The molecule has 26 heavy (non-hydrogen) atoms. The van der Waals surface area contributed by atoms with Crippen LogP contribution in [-0.4, -0.2) is 36.9 Å². The lowest BCUT2D eigenvalue weighted by Crippen LogP contribution is -2.40.